The van der Waals surface area contributed by atoms with Crippen LogP contribution in [0.1, 0.15) is 84.5 Å². The van der Waals surface area contributed by atoms with Gasteiger partial charge in [0, 0.05) is 37.1 Å². The van der Waals surface area contributed by atoms with E-state index in [4.69, 9.17) is 14.0 Å². The Morgan fingerprint density at radius 1 is 1.16 bits per heavy atom. The number of hydrogen-bond donors (Lipinski definition) is 3. The number of carbonyl (C=O) groups excluding carboxylic acids is 2. The van der Waals surface area contributed by atoms with Crippen LogP contribution in [0, 0.1) is 19.8 Å². The number of nitrogens with zero attached hydrogens (tertiary/aromatic N) is 4. The van der Waals surface area contributed by atoms with Crippen LogP contribution < -0.4 is 9.84 Å². The fourth-order valence-electron chi connectivity index (χ4n) is 6.00. The number of aromatic nitrogens is 4. The number of carbonyl (C=O) groups is 2. The zero-order valence-electron chi connectivity index (χ0n) is 26.1. The monoisotopic (exact) mass is 633 g/mol. The molecule has 0 radical (unpaired) electrons. The summed E-state index contributed by atoms with van der Waals surface area (Å²) in [5, 5.41) is 11.7. The van der Waals surface area contributed by atoms with Gasteiger partial charge in [0.1, 0.15) is 23.4 Å². The van der Waals surface area contributed by atoms with Crippen LogP contribution in [0.4, 0.5) is 10.2 Å². The number of halogens is 1. The number of alkyl halides is 1. The normalized spacial score (nSPS) is 18.6. The summed E-state index contributed by atoms with van der Waals surface area (Å²) in [6, 6.07) is 6.94. The molecular formula is C30H41FN5O7P. The Balaban J connectivity index is 1.54. The molecule has 1 aromatic carbocycles. The van der Waals surface area contributed by atoms with Gasteiger partial charge in [-0.3, -0.25) is 14.3 Å². The molecule has 0 saturated heterocycles. The molecule has 2 aromatic heterocycles. The lowest BCUT2D eigenvalue weighted by molar-refractivity contribution is -0.149. The molecule has 0 bridgehead atoms. The number of benzene rings is 1. The maximum Gasteiger partial charge on any atom is 0.391 e. The lowest BCUT2D eigenvalue weighted by Crippen LogP contribution is -2.26. The van der Waals surface area contributed by atoms with Gasteiger partial charge in [-0.05, 0) is 55.9 Å². The van der Waals surface area contributed by atoms with Crippen molar-refractivity contribution in [3.8, 4) is 5.75 Å². The molecule has 3 N–H and O–H groups in total. The van der Waals surface area contributed by atoms with E-state index in [0.29, 0.717) is 47.1 Å². The van der Waals surface area contributed by atoms with Crippen molar-refractivity contribution in [3.05, 3.63) is 58.0 Å². The largest absolute Gasteiger partial charge is 0.442 e. The molecule has 4 rings (SSSR count). The molecule has 2 heterocycles. The highest BCUT2D eigenvalue weighted by atomic mass is 31.2. The van der Waals surface area contributed by atoms with Gasteiger partial charge in [0.05, 0.1) is 24.4 Å². The molecule has 14 heteroatoms. The van der Waals surface area contributed by atoms with Gasteiger partial charge in [-0.1, -0.05) is 26.8 Å². The average Bonchev–Trinajstić information content (AvgIpc) is 3.58. The molecule has 3 aromatic rings. The average molecular weight is 634 g/mol. The van der Waals surface area contributed by atoms with E-state index >= 15 is 0 Å². The second kappa shape index (κ2) is 13.7. The molecule has 12 nitrogen and oxygen atoms in total. The Kier molecular flexibility index (Phi) is 10.5. The molecule has 1 aliphatic carbocycles. The van der Waals surface area contributed by atoms with E-state index < -0.39 is 32.1 Å². The number of esters is 1. The van der Waals surface area contributed by atoms with Gasteiger partial charge >= 0.3 is 14.6 Å². The van der Waals surface area contributed by atoms with E-state index in [1.54, 1.807) is 25.2 Å². The topological polar surface area (TPSA) is 150 Å². The first kappa shape index (κ1) is 33.5. The van der Waals surface area contributed by atoms with E-state index in [9.17, 15) is 23.8 Å². The van der Waals surface area contributed by atoms with Crippen molar-refractivity contribution in [2.45, 2.75) is 84.7 Å². The van der Waals surface area contributed by atoms with Gasteiger partial charge < -0.3 is 29.1 Å². The van der Waals surface area contributed by atoms with Crippen LogP contribution in [-0.4, -0.2) is 54.5 Å². The molecule has 0 aliphatic heterocycles. The Morgan fingerprint density at radius 2 is 1.89 bits per heavy atom. The van der Waals surface area contributed by atoms with E-state index in [1.165, 1.54) is 16.5 Å². The third-order valence-electron chi connectivity index (χ3n) is 7.93. The number of aryl methyl sites for hydroxylation is 3. The molecule has 3 atom stereocenters. The quantitative estimate of drug-likeness (QED) is 0.186. The fourth-order valence-corrected chi connectivity index (χ4v) is 6.32. The van der Waals surface area contributed by atoms with Crippen molar-refractivity contribution in [3.63, 3.8) is 0 Å². The van der Waals surface area contributed by atoms with Gasteiger partial charge in [0.15, 0.2) is 6.73 Å². The molecule has 1 saturated carbocycles. The Labute approximate surface area is 257 Å². The number of methoxy groups -OCH3 is 1. The smallest absolute Gasteiger partial charge is 0.391 e. The number of anilines is 1. The minimum absolute atomic E-state index is 0.0567. The van der Waals surface area contributed by atoms with E-state index in [-0.39, 0.29) is 31.6 Å². The van der Waals surface area contributed by atoms with Gasteiger partial charge in [-0.25, -0.2) is 9.07 Å². The van der Waals surface area contributed by atoms with Gasteiger partial charge in [-0.2, -0.15) is 10.2 Å². The summed E-state index contributed by atoms with van der Waals surface area (Å²) in [4.78, 5) is 45.4. The highest BCUT2D eigenvalue weighted by Crippen LogP contribution is 2.42. The van der Waals surface area contributed by atoms with E-state index in [1.807, 2.05) is 40.7 Å². The first-order valence-electron chi connectivity index (χ1n) is 14.4. The zero-order chi connectivity index (χ0) is 32.3. The molecule has 1 amide bonds. The third kappa shape index (κ3) is 7.82. The number of hydrogen-bond acceptors (Lipinski definition) is 9. The van der Waals surface area contributed by atoms with Crippen LogP contribution in [0.3, 0.4) is 0 Å². The highest BCUT2D eigenvalue weighted by Gasteiger charge is 2.35. The molecule has 3 unspecified atom stereocenters. The summed E-state index contributed by atoms with van der Waals surface area (Å²) in [5.74, 6) is -0.641. The zero-order valence-corrected chi connectivity index (χ0v) is 27.0. The van der Waals surface area contributed by atoms with Crippen molar-refractivity contribution in [2.75, 3.05) is 12.4 Å². The minimum Gasteiger partial charge on any atom is -0.442 e. The van der Waals surface area contributed by atoms with Crippen LogP contribution in [0.5, 0.6) is 5.75 Å². The summed E-state index contributed by atoms with van der Waals surface area (Å²) in [6.07, 6.45) is -0.0552. The van der Waals surface area contributed by atoms with Crippen LogP contribution in [0.15, 0.2) is 24.3 Å². The maximum atomic E-state index is 14.4. The molecular weight excluding hydrogens is 592 g/mol. The molecule has 44 heavy (non-hydrogen) atoms. The lowest BCUT2D eigenvalue weighted by Gasteiger charge is -2.29. The summed E-state index contributed by atoms with van der Waals surface area (Å²) in [5.41, 5.74) is 3.06. The molecule has 1 aliphatic rings. The Bertz CT molecular complexity index is 1490. The second-order valence-electron chi connectivity index (χ2n) is 12.2. The standard InChI is InChI=1S/C30H41FN5O7P/c1-17-8-19(3)28(25(9-17)43-44(39)40)30(4,5)14-27(37)42-16-36-26(13-23(34-36)20-10-18(2)22(31)11-20)32-29(38)24-12-21(15-41-7)33-35(24)6/h8-9,12-13,18,20,22,39-40H,10-11,14-16H2,1-7H3,(H,32,38). The summed E-state index contributed by atoms with van der Waals surface area (Å²) in [6.45, 7) is 9.23. The van der Waals surface area contributed by atoms with Gasteiger partial charge in [0.25, 0.3) is 5.91 Å². The SMILES string of the molecule is COCc1cc(C(=O)Nc2cc(C3CC(C)C(F)C3)nn2COC(=O)CC(C)(C)c2c(C)cc(C)cc2OP(O)O)n(C)n1. The molecule has 1 fully saturated rings. The Hall–Kier alpha value is -3.38. The summed E-state index contributed by atoms with van der Waals surface area (Å²) < 4.78 is 33.3. The summed E-state index contributed by atoms with van der Waals surface area (Å²) >= 11 is 0. The maximum absolute atomic E-state index is 14.4. The van der Waals surface area contributed by atoms with E-state index in [2.05, 4.69) is 15.5 Å². The van der Waals surface area contributed by atoms with Crippen molar-refractivity contribution in [1.29, 1.82) is 0 Å². The van der Waals surface area contributed by atoms with E-state index in [0.717, 1.165) is 11.1 Å². The van der Waals surface area contributed by atoms with Crippen molar-refractivity contribution in [2.24, 2.45) is 13.0 Å². The predicted octanol–water partition coefficient (Wildman–Crippen LogP) is 4.94. The minimum atomic E-state index is -2.66. The van der Waals surface area contributed by atoms with Crippen LogP contribution >= 0.6 is 8.60 Å². The summed E-state index contributed by atoms with van der Waals surface area (Å²) in [7, 11) is 0.530. The van der Waals surface area contributed by atoms with Gasteiger partial charge in [0.2, 0.25) is 0 Å². The fraction of sp³-hybridized carbons (Fsp3) is 0.533. The van der Waals surface area contributed by atoms with Crippen molar-refractivity contribution >= 4 is 26.3 Å². The first-order valence-corrected chi connectivity index (χ1v) is 15.5. The number of nitrogens with one attached hydrogen (secondary N) is 1. The van der Waals surface area contributed by atoms with Crippen LogP contribution in [0.2, 0.25) is 0 Å². The third-order valence-corrected chi connectivity index (χ3v) is 8.29. The second-order valence-corrected chi connectivity index (χ2v) is 12.8. The lowest BCUT2D eigenvalue weighted by atomic mass is 9.78. The first-order chi connectivity index (χ1) is 20.7. The van der Waals surface area contributed by atoms with Crippen LogP contribution in [0.25, 0.3) is 0 Å². The molecule has 0 spiro atoms. The van der Waals surface area contributed by atoms with Crippen LogP contribution in [-0.2, 0) is 40.1 Å². The number of rotatable bonds is 12. The van der Waals surface area contributed by atoms with Gasteiger partial charge in [-0.15, -0.1) is 0 Å². The molecule has 240 valence electrons. The number of ether oxygens (including phenoxy) is 2. The number of amides is 1. The van der Waals surface area contributed by atoms with Crippen molar-refractivity contribution in [1.82, 2.24) is 19.6 Å². The Morgan fingerprint density at radius 3 is 2.52 bits per heavy atom. The highest BCUT2D eigenvalue weighted by molar-refractivity contribution is 7.39. The predicted molar refractivity (Wildman–Crippen MR) is 162 cm³/mol. The van der Waals surface area contributed by atoms with Crippen molar-refractivity contribution < 1.29 is 37.8 Å².